The van der Waals surface area contributed by atoms with Crippen LogP contribution in [0, 0.1) is 6.92 Å². The van der Waals surface area contributed by atoms with Crippen LogP contribution in [0.15, 0.2) is 23.3 Å². The Kier molecular flexibility index (Phi) is 1.46. The molecule has 0 aliphatic carbocycles. The minimum Gasteiger partial charge on any atom is -0.149 e. The fourth-order valence-electron chi connectivity index (χ4n) is 1.11. The second-order valence-electron chi connectivity index (χ2n) is 2.46. The first-order valence-corrected chi connectivity index (χ1v) is 4.12. The van der Waals surface area contributed by atoms with Gasteiger partial charge in [0.25, 0.3) is 0 Å². The van der Waals surface area contributed by atoms with Gasteiger partial charge in [0.05, 0.1) is 5.69 Å². The first-order valence-electron chi connectivity index (χ1n) is 3.33. The first-order chi connectivity index (χ1) is 5.29. The molecule has 11 heavy (non-hydrogen) atoms. The third-order valence-electron chi connectivity index (χ3n) is 1.70. The predicted octanol–water partition coefficient (Wildman–Crippen LogP) is 2.30. The molecule has 0 saturated heterocycles. The van der Waals surface area contributed by atoms with E-state index in [1.54, 1.807) is 0 Å². The summed E-state index contributed by atoms with van der Waals surface area (Å²) in [6.07, 6.45) is 0. The maximum atomic E-state index is 4.02. The summed E-state index contributed by atoms with van der Waals surface area (Å²) < 4.78 is 0.830. The van der Waals surface area contributed by atoms with E-state index in [4.69, 9.17) is 0 Å². The topological polar surface area (TPSA) is 26.5 Å². The van der Waals surface area contributed by atoms with Crippen molar-refractivity contribution in [3.63, 3.8) is 0 Å². The quantitative estimate of drug-likeness (QED) is 0.628. The van der Waals surface area contributed by atoms with Gasteiger partial charge in [-0.05, 0) is 34.5 Å². The van der Waals surface area contributed by atoms with Crippen LogP contribution in [0.1, 0.15) is 11.1 Å². The van der Waals surface area contributed by atoms with Gasteiger partial charge >= 0.3 is 0 Å². The monoisotopic (exact) mass is 209 g/mol. The lowest BCUT2D eigenvalue weighted by Crippen LogP contribution is -1.87. The minimum absolute atomic E-state index is 0.830. The first kappa shape index (κ1) is 6.85. The zero-order valence-corrected chi connectivity index (χ0v) is 7.59. The standard InChI is InChI=1S/C8H6BrN2/c1-5-3-2-4-6-7(5)10-11-8(6)9/h2-4H,1H3. The molecule has 2 rings (SSSR count). The molecule has 1 heterocycles. The van der Waals surface area contributed by atoms with Crippen LogP contribution in [0.3, 0.4) is 0 Å². The molecule has 0 fully saturated rings. The number of nitrogens with zero attached hydrogens (tertiary/aromatic N) is 2. The number of benzene rings is 1. The molecule has 1 aliphatic rings. The lowest BCUT2D eigenvalue weighted by molar-refractivity contribution is 0.980. The lowest BCUT2D eigenvalue weighted by Gasteiger charge is -1.98. The Morgan fingerprint density at radius 3 is 2.91 bits per heavy atom. The van der Waals surface area contributed by atoms with Gasteiger partial charge in [0.1, 0.15) is 4.62 Å². The molecular weight excluding hydrogens is 204 g/mol. The molecule has 3 heteroatoms. The molecule has 0 unspecified atom stereocenters. The van der Waals surface area contributed by atoms with Gasteiger partial charge < -0.3 is 0 Å². The van der Waals surface area contributed by atoms with E-state index in [0.717, 1.165) is 15.9 Å². The van der Waals surface area contributed by atoms with Crippen molar-refractivity contribution < 1.29 is 0 Å². The van der Waals surface area contributed by atoms with Gasteiger partial charge in [-0.1, -0.05) is 12.1 Å². The number of rotatable bonds is 0. The predicted molar refractivity (Wildman–Crippen MR) is 48.4 cm³/mol. The number of halogens is 1. The molecule has 1 aromatic rings. The molecule has 0 saturated carbocycles. The highest BCUT2D eigenvalue weighted by Crippen LogP contribution is 2.27. The van der Waals surface area contributed by atoms with E-state index in [0.29, 0.717) is 0 Å². The van der Waals surface area contributed by atoms with E-state index in [1.165, 1.54) is 5.56 Å². The third kappa shape index (κ3) is 0.959. The van der Waals surface area contributed by atoms with Crippen molar-refractivity contribution >= 4 is 26.2 Å². The van der Waals surface area contributed by atoms with Crippen molar-refractivity contribution in [2.24, 2.45) is 5.10 Å². The second-order valence-corrected chi connectivity index (χ2v) is 3.21. The molecule has 0 amide bonds. The molecule has 0 N–H and O–H groups in total. The van der Waals surface area contributed by atoms with Crippen LogP contribution < -0.4 is 5.43 Å². The minimum atomic E-state index is 0.830. The average Bonchev–Trinajstić information content (AvgIpc) is 2.35. The summed E-state index contributed by atoms with van der Waals surface area (Å²) in [4.78, 5) is 0. The Labute approximate surface area is 73.4 Å². The summed E-state index contributed by atoms with van der Waals surface area (Å²) in [5, 5.41) is 3.92. The molecule has 1 aliphatic heterocycles. The van der Waals surface area contributed by atoms with Crippen molar-refractivity contribution in [2.45, 2.75) is 6.92 Å². The van der Waals surface area contributed by atoms with E-state index in [2.05, 4.69) is 26.5 Å². The molecule has 0 atom stereocenters. The van der Waals surface area contributed by atoms with E-state index in [1.807, 2.05) is 25.1 Å². The summed E-state index contributed by atoms with van der Waals surface area (Å²) >= 11 is 3.33. The van der Waals surface area contributed by atoms with Gasteiger partial charge in [-0.3, -0.25) is 0 Å². The maximum absolute atomic E-state index is 4.02. The Morgan fingerprint density at radius 1 is 1.36 bits per heavy atom. The molecule has 2 nitrogen and oxygen atoms in total. The summed E-state index contributed by atoms with van der Waals surface area (Å²) in [6, 6.07) is 6.04. The van der Waals surface area contributed by atoms with Crippen LogP contribution in [0.25, 0.3) is 0 Å². The Bertz CT molecular complexity index is 331. The molecule has 0 bridgehead atoms. The fourth-order valence-corrected chi connectivity index (χ4v) is 1.51. The van der Waals surface area contributed by atoms with Gasteiger partial charge in [0, 0.05) is 5.56 Å². The number of hydrogen-bond acceptors (Lipinski definition) is 1. The highest BCUT2D eigenvalue weighted by atomic mass is 79.9. The van der Waals surface area contributed by atoms with Crippen LogP contribution in [0.4, 0.5) is 5.69 Å². The van der Waals surface area contributed by atoms with Gasteiger partial charge in [-0.2, -0.15) is 0 Å². The molecule has 0 spiro atoms. The largest absolute Gasteiger partial charge is 0.149 e. The van der Waals surface area contributed by atoms with Crippen molar-refractivity contribution in [3.8, 4) is 0 Å². The van der Waals surface area contributed by atoms with Crippen molar-refractivity contribution in [1.82, 2.24) is 5.43 Å². The maximum Gasteiger partial charge on any atom is 0.138 e. The summed E-state index contributed by atoms with van der Waals surface area (Å²) in [7, 11) is 0. The van der Waals surface area contributed by atoms with E-state index in [9.17, 15) is 0 Å². The van der Waals surface area contributed by atoms with Gasteiger partial charge in [-0.25, -0.2) is 0 Å². The highest BCUT2D eigenvalue weighted by Gasteiger charge is 2.15. The Balaban J connectivity index is 2.64. The van der Waals surface area contributed by atoms with Crippen LogP contribution >= 0.6 is 15.9 Å². The molecule has 1 aromatic carbocycles. The number of fused-ring (bicyclic) bond motifs is 1. The van der Waals surface area contributed by atoms with Gasteiger partial charge in [0.15, 0.2) is 0 Å². The highest BCUT2D eigenvalue weighted by molar-refractivity contribution is 9.18. The Morgan fingerprint density at radius 2 is 2.18 bits per heavy atom. The van der Waals surface area contributed by atoms with Crippen LogP contribution in [-0.4, -0.2) is 4.62 Å². The lowest BCUT2D eigenvalue weighted by atomic mass is 10.1. The van der Waals surface area contributed by atoms with Crippen molar-refractivity contribution in [2.75, 3.05) is 0 Å². The number of aryl methyl sites for hydroxylation is 1. The van der Waals surface area contributed by atoms with Gasteiger partial charge in [0.2, 0.25) is 0 Å². The average molecular weight is 210 g/mol. The summed E-state index contributed by atoms with van der Waals surface area (Å²) in [5.74, 6) is 0. The number of hydrogen-bond donors (Lipinski definition) is 0. The molecule has 0 aromatic heterocycles. The van der Waals surface area contributed by atoms with Crippen LogP contribution in [0.5, 0.6) is 0 Å². The van der Waals surface area contributed by atoms with Crippen LogP contribution in [0.2, 0.25) is 0 Å². The van der Waals surface area contributed by atoms with Crippen LogP contribution in [-0.2, 0) is 0 Å². The van der Waals surface area contributed by atoms with E-state index in [-0.39, 0.29) is 0 Å². The Hall–Kier alpha value is -0.830. The molecule has 1 radical (unpaired) electrons. The summed E-state index contributed by atoms with van der Waals surface area (Å²) in [6.45, 7) is 2.03. The van der Waals surface area contributed by atoms with Crippen molar-refractivity contribution in [3.05, 3.63) is 29.3 Å². The zero-order valence-electron chi connectivity index (χ0n) is 6.00. The third-order valence-corrected chi connectivity index (χ3v) is 2.28. The molecule has 55 valence electrons. The SMILES string of the molecule is Cc1cccc2c1[N]N=C2Br. The smallest absolute Gasteiger partial charge is 0.138 e. The second kappa shape index (κ2) is 2.34. The zero-order chi connectivity index (χ0) is 7.84. The van der Waals surface area contributed by atoms with Gasteiger partial charge in [-0.15, -0.1) is 10.5 Å². The van der Waals surface area contributed by atoms with E-state index >= 15 is 0 Å². The summed E-state index contributed by atoms with van der Waals surface area (Å²) in [5.41, 5.74) is 7.26. The van der Waals surface area contributed by atoms with Crippen molar-refractivity contribution in [1.29, 1.82) is 0 Å². The normalized spacial score (nSPS) is 13.8. The molecular formula is C8H6BrN2. The fraction of sp³-hybridized carbons (Fsp3) is 0.125. The van der Waals surface area contributed by atoms with E-state index < -0.39 is 0 Å².